The Morgan fingerprint density at radius 3 is 2.91 bits per heavy atom. The highest BCUT2D eigenvalue weighted by atomic mass is 32.2. The van der Waals surface area contributed by atoms with Gasteiger partial charge >= 0.3 is 0 Å². The first-order valence-corrected chi connectivity index (χ1v) is 10.0. The number of fused-ring (bicyclic) bond motifs is 1. The van der Waals surface area contributed by atoms with E-state index in [1.54, 1.807) is 6.07 Å². The molecule has 0 unspecified atom stereocenters. The standard InChI is InChI=1S/C15H21N3O2S2/c1-2-13-7-8-15(21-13)22(19,20)17-9-10-18-14-6-4-3-5-12(14)11-16-18/h7-8,11,17H,2-6,9-10H2,1H3. The average Bonchev–Trinajstić information content (AvgIpc) is 3.14. The molecule has 120 valence electrons. The molecule has 7 heteroatoms. The molecular weight excluding hydrogens is 318 g/mol. The lowest BCUT2D eigenvalue weighted by atomic mass is 9.98. The zero-order valence-electron chi connectivity index (χ0n) is 12.7. The maximum Gasteiger partial charge on any atom is 0.250 e. The maximum atomic E-state index is 12.2. The number of nitrogens with zero attached hydrogens (tertiary/aromatic N) is 2. The van der Waals surface area contributed by atoms with Gasteiger partial charge in [-0.25, -0.2) is 13.1 Å². The van der Waals surface area contributed by atoms with Gasteiger partial charge in [0.15, 0.2) is 0 Å². The number of aryl methyl sites for hydroxylation is 2. The molecule has 0 amide bonds. The van der Waals surface area contributed by atoms with Crippen LogP contribution in [-0.2, 0) is 35.8 Å². The first-order valence-electron chi connectivity index (χ1n) is 7.72. The van der Waals surface area contributed by atoms with Crippen LogP contribution in [0.25, 0.3) is 0 Å². The molecule has 5 nitrogen and oxygen atoms in total. The van der Waals surface area contributed by atoms with Crippen molar-refractivity contribution in [3.8, 4) is 0 Å². The van der Waals surface area contributed by atoms with Gasteiger partial charge in [0, 0.05) is 17.1 Å². The van der Waals surface area contributed by atoms with Gasteiger partial charge in [-0.2, -0.15) is 5.10 Å². The topological polar surface area (TPSA) is 64.0 Å². The largest absolute Gasteiger partial charge is 0.268 e. The minimum Gasteiger partial charge on any atom is -0.268 e. The summed E-state index contributed by atoms with van der Waals surface area (Å²) in [6, 6.07) is 3.56. The number of hydrogen-bond acceptors (Lipinski definition) is 4. The number of aromatic nitrogens is 2. The Labute approximate surface area is 135 Å². The summed E-state index contributed by atoms with van der Waals surface area (Å²) in [6.07, 6.45) is 7.35. The molecule has 2 heterocycles. The maximum absolute atomic E-state index is 12.2. The van der Waals surface area contributed by atoms with E-state index in [0.29, 0.717) is 17.3 Å². The second kappa shape index (κ2) is 6.52. The molecule has 0 fully saturated rings. The summed E-state index contributed by atoms with van der Waals surface area (Å²) in [5.74, 6) is 0. The SMILES string of the molecule is CCc1ccc(S(=O)(=O)NCCn2ncc3c2CCCC3)s1. The summed E-state index contributed by atoms with van der Waals surface area (Å²) in [5.41, 5.74) is 2.59. The second-order valence-corrected chi connectivity index (χ2v) is 8.68. The summed E-state index contributed by atoms with van der Waals surface area (Å²) in [4.78, 5) is 1.08. The van der Waals surface area contributed by atoms with E-state index in [4.69, 9.17) is 0 Å². The van der Waals surface area contributed by atoms with Gasteiger partial charge in [-0.3, -0.25) is 4.68 Å². The molecule has 0 spiro atoms. The minimum atomic E-state index is -3.40. The first kappa shape index (κ1) is 15.7. The molecule has 1 aliphatic carbocycles. The highest BCUT2D eigenvalue weighted by molar-refractivity contribution is 7.91. The Hall–Kier alpha value is -1.18. The molecule has 1 aliphatic rings. The summed E-state index contributed by atoms with van der Waals surface area (Å²) in [6.45, 7) is 2.98. The van der Waals surface area contributed by atoms with E-state index < -0.39 is 10.0 Å². The fourth-order valence-electron chi connectivity index (χ4n) is 2.80. The molecule has 0 bridgehead atoms. The molecule has 22 heavy (non-hydrogen) atoms. The minimum absolute atomic E-state index is 0.371. The second-order valence-electron chi connectivity index (χ2n) is 5.52. The van der Waals surface area contributed by atoms with Crippen LogP contribution in [0.5, 0.6) is 0 Å². The highest BCUT2D eigenvalue weighted by Gasteiger charge is 2.18. The molecule has 0 aromatic carbocycles. The van der Waals surface area contributed by atoms with Crippen LogP contribution in [0.15, 0.2) is 22.5 Å². The molecule has 0 radical (unpaired) electrons. The lowest BCUT2D eigenvalue weighted by molar-refractivity contribution is 0.539. The van der Waals surface area contributed by atoms with Gasteiger partial charge in [-0.1, -0.05) is 6.92 Å². The Balaban J connectivity index is 1.61. The third kappa shape index (κ3) is 3.26. The van der Waals surface area contributed by atoms with Crippen LogP contribution in [0.1, 0.15) is 35.9 Å². The molecule has 0 atom stereocenters. The Morgan fingerprint density at radius 2 is 2.14 bits per heavy atom. The van der Waals surface area contributed by atoms with E-state index in [1.165, 1.54) is 35.4 Å². The number of sulfonamides is 1. The van der Waals surface area contributed by atoms with Crippen molar-refractivity contribution in [2.75, 3.05) is 6.54 Å². The van der Waals surface area contributed by atoms with Crippen LogP contribution < -0.4 is 4.72 Å². The molecule has 0 aliphatic heterocycles. The summed E-state index contributed by atoms with van der Waals surface area (Å²) < 4.78 is 29.5. The average molecular weight is 339 g/mol. The number of rotatable bonds is 6. The summed E-state index contributed by atoms with van der Waals surface area (Å²) in [7, 11) is -3.40. The van der Waals surface area contributed by atoms with Crippen molar-refractivity contribution in [1.29, 1.82) is 0 Å². The van der Waals surface area contributed by atoms with E-state index in [0.717, 1.165) is 24.1 Å². The van der Waals surface area contributed by atoms with E-state index in [-0.39, 0.29) is 0 Å². The van der Waals surface area contributed by atoms with Crippen LogP contribution in [0.4, 0.5) is 0 Å². The van der Waals surface area contributed by atoms with Crippen molar-refractivity contribution in [3.05, 3.63) is 34.5 Å². The van der Waals surface area contributed by atoms with Crippen LogP contribution in [0, 0.1) is 0 Å². The van der Waals surface area contributed by atoms with Gasteiger partial charge in [0.1, 0.15) is 4.21 Å². The fourth-order valence-corrected chi connectivity index (χ4v) is 5.16. The monoisotopic (exact) mass is 339 g/mol. The fraction of sp³-hybridized carbons (Fsp3) is 0.533. The van der Waals surface area contributed by atoms with Crippen LogP contribution in [0.2, 0.25) is 0 Å². The van der Waals surface area contributed by atoms with Crippen molar-refractivity contribution in [1.82, 2.24) is 14.5 Å². The molecule has 3 rings (SSSR count). The van der Waals surface area contributed by atoms with Crippen molar-refractivity contribution in [2.45, 2.75) is 49.8 Å². The number of hydrogen-bond donors (Lipinski definition) is 1. The van der Waals surface area contributed by atoms with Crippen LogP contribution >= 0.6 is 11.3 Å². The van der Waals surface area contributed by atoms with Crippen molar-refractivity contribution >= 4 is 21.4 Å². The third-order valence-corrected chi connectivity index (χ3v) is 7.19. The van der Waals surface area contributed by atoms with Gasteiger partial charge in [0.2, 0.25) is 10.0 Å². The first-order chi connectivity index (χ1) is 10.6. The lowest BCUT2D eigenvalue weighted by Crippen LogP contribution is -2.27. The van der Waals surface area contributed by atoms with Crippen molar-refractivity contribution in [2.24, 2.45) is 0 Å². The molecule has 0 saturated carbocycles. The quantitative estimate of drug-likeness (QED) is 0.879. The lowest BCUT2D eigenvalue weighted by Gasteiger charge is -2.14. The van der Waals surface area contributed by atoms with Crippen LogP contribution in [-0.4, -0.2) is 24.7 Å². The molecule has 1 N–H and O–H groups in total. The Kier molecular flexibility index (Phi) is 4.65. The zero-order valence-corrected chi connectivity index (χ0v) is 14.3. The molecule has 2 aromatic rings. The molecule has 0 saturated heterocycles. The predicted octanol–water partition coefficient (Wildman–Crippen LogP) is 2.36. The predicted molar refractivity (Wildman–Crippen MR) is 87.8 cm³/mol. The van der Waals surface area contributed by atoms with Gasteiger partial charge in [0.25, 0.3) is 0 Å². The van der Waals surface area contributed by atoms with E-state index >= 15 is 0 Å². The van der Waals surface area contributed by atoms with Gasteiger partial charge < -0.3 is 0 Å². The normalized spacial score (nSPS) is 15.0. The van der Waals surface area contributed by atoms with Gasteiger partial charge in [0.05, 0.1) is 12.7 Å². The molecule has 2 aromatic heterocycles. The Morgan fingerprint density at radius 1 is 1.32 bits per heavy atom. The number of thiophene rings is 1. The van der Waals surface area contributed by atoms with E-state index in [1.807, 2.05) is 23.9 Å². The molecular formula is C15H21N3O2S2. The summed E-state index contributed by atoms with van der Waals surface area (Å²) >= 11 is 1.34. The zero-order chi connectivity index (χ0) is 15.6. The highest BCUT2D eigenvalue weighted by Crippen LogP contribution is 2.22. The smallest absolute Gasteiger partial charge is 0.250 e. The van der Waals surface area contributed by atoms with E-state index in [2.05, 4.69) is 9.82 Å². The van der Waals surface area contributed by atoms with Crippen LogP contribution in [0.3, 0.4) is 0 Å². The van der Waals surface area contributed by atoms with Gasteiger partial charge in [-0.05, 0) is 49.8 Å². The number of nitrogens with one attached hydrogen (secondary N) is 1. The summed E-state index contributed by atoms with van der Waals surface area (Å²) in [5, 5.41) is 4.39. The van der Waals surface area contributed by atoms with Crippen molar-refractivity contribution < 1.29 is 8.42 Å². The van der Waals surface area contributed by atoms with E-state index in [9.17, 15) is 8.42 Å². The van der Waals surface area contributed by atoms with Crippen molar-refractivity contribution in [3.63, 3.8) is 0 Å². The third-order valence-electron chi connectivity index (χ3n) is 4.01. The Bertz CT molecular complexity index is 747. The van der Waals surface area contributed by atoms with Gasteiger partial charge in [-0.15, -0.1) is 11.3 Å².